The summed E-state index contributed by atoms with van der Waals surface area (Å²) < 4.78 is 10.5. The molecule has 0 bridgehead atoms. The van der Waals surface area contributed by atoms with E-state index < -0.39 is 6.04 Å². The number of benzene rings is 1. The van der Waals surface area contributed by atoms with Gasteiger partial charge in [-0.25, -0.2) is 0 Å². The topological polar surface area (TPSA) is 61.5 Å². The molecule has 0 radical (unpaired) electrons. The summed E-state index contributed by atoms with van der Waals surface area (Å²) in [4.78, 5) is 12.3. The molecule has 0 saturated carbocycles. The number of ketones is 1. The van der Waals surface area contributed by atoms with Crippen LogP contribution in [0.4, 0.5) is 0 Å². The highest BCUT2D eigenvalue weighted by Gasteiger charge is 2.24. The van der Waals surface area contributed by atoms with E-state index in [1.165, 1.54) is 0 Å². The molecule has 1 aromatic carbocycles. The monoisotopic (exact) mass is 251 g/mol. The molecule has 100 valence electrons. The molecule has 1 rings (SSSR count). The van der Waals surface area contributed by atoms with E-state index in [0.717, 1.165) is 5.56 Å². The maximum absolute atomic E-state index is 12.3. The lowest BCUT2D eigenvalue weighted by atomic mass is 9.94. The normalized spacial score (nSPS) is 12.4. The van der Waals surface area contributed by atoms with E-state index >= 15 is 0 Å². The zero-order chi connectivity index (χ0) is 13.9. The maximum Gasteiger partial charge on any atom is 0.183 e. The van der Waals surface area contributed by atoms with Crippen molar-refractivity contribution in [3.05, 3.63) is 23.3 Å². The summed E-state index contributed by atoms with van der Waals surface area (Å²) in [5, 5.41) is 0. The smallest absolute Gasteiger partial charge is 0.183 e. The number of nitrogens with two attached hydrogens (primary N) is 1. The predicted octanol–water partition coefficient (Wildman–Crippen LogP) is 2.18. The van der Waals surface area contributed by atoms with Crippen LogP contribution in [0.15, 0.2) is 12.1 Å². The second-order valence-electron chi connectivity index (χ2n) is 4.61. The molecule has 1 aromatic rings. The number of ether oxygens (including phenoxy) is 2. The summed E-state index contributed by atoms with van der Waals surface area (Å²) in [6.07, 6.45) is 0. The van der Waals surface area contributed by atoms with Crippen LogP contribution in [0.25, 0.3) is 0 Å². The standard InChI is InChI=1S/C14H21NO3/c1-8(2)12(15)13(16)10-6-7-11(17-4)9(3)14(10)18-5/h6-8,12H,15H2,1-5H3. The second kappa shape index (κ2) is 5.87. The molecule has 0 aliphatic rings. The molecule has 2 N–H and O–H groups in total. The largest absolute Gasteiger partial charge is 0.496 e. The van der Waals surface area contributed by atoms with Crippen molar-refractivity contribution in [3.63, 3.8) is 0 Å². The number of rotatable bonds is 5. The van der Waals surface area contributed by atoms with Crippen molar-refractivity contribution in [1.82, 2.24) is 0 Å². The lowest BCUT2D eigenvalue weighted by molar-refractivity contribution is 0.0937. The number of carbonyl (C=O) groups is 1. The van der Waals surface area contributed by atoms with Crippen LogP contribution >= 0.6 is 0 Å². The summed E-state index contributed by atoms with van der Waals surface area (Å²) in [7, 11) is 3.13. The average Bonchev–Trinajstić information content (AvgIpc) is 2.36. The van der Waals surface area contributed by atoms with Crippen LogP contribution in [0.2, 0.25) is 0 Å². The second-order valence-corrected chi connectivity index (χ2v) is 4.61. The molecule has 4 nitrogen and oxygen atoms in total. The molecule has 0 amide bonds. The van der Waals surface area contributed by atoms with Gasteiger partial charge in [-0.15, -0.1) is 0 Å². The lowest BCUT2D eigenvalue weighted by Gasteiger charge is -2.18. The molecule has 18 heavy (non-hydrogen) atoms. The molecular formula is C14H21NO3. The van der Waals surface area contributed by atoms with Gasteiger partial charge in [0.05, 0.1) is 25.8 Å². The first kappa shape index (κ1) is 14.5. The van der Waals surface area contributed by atoms with Gasteiger partial charge >= 0.3 is 0 Å². The van der Waals surface area contributed by atoms with Gasteiger partial charge in [0, 0.05) is 5.56 Å². The van der Waals surface area contributed by atoms with Crippen LogP contribution in [-0.4, -0.2) is 26.0 Å². The summed E-state index contributed by atoms with van der Waals surface area (Å²) in [5.41, 5.74) is 7.22. The van der Waals surface area contributed by atoms with E-state index in [-0.39, 0.29) is 11.7 Å². The number of hydrogen-bond acceptors (Lipinski definition) is 4. The van der Waals surface area contributed by atoms with Crippen LogP contribution in [0.1, 0.15) is 29.8 Å². The fourth-order valence-corrected chi connectivity index (χ4v) is 1.83. The van der Waals surface area contributed by atoms with Crippen molar-refractivity contribution in [3.8, 4) is 11.5 Å². The van der Waals surface area contributed by atoms with E-state index in [1.807, 2.05) is 20.8 Å². The van der Waals surface area contributed by atoms with Gasteiger partial charge in [0.15, 0.2) is 5.78 Å². The minimum absolute atomic E-state index is 0.0876. The van der Waals surface area contributed by atoms with Crippen LogP contribution in [0, 0.1) is 12.8 Å². The molecule has 0 aliphatic carbocycles. The Kier molecular flexibility index (Phi) is 4.73. The Bertz CT molecular complexity index is 441. The molecule has 0 spiro atoms. The molecule has 0 saturated heterocycles. The van der Waals surface area contributed by atoms with E-state index in [9.17, 15) is 4.79 Å². The SMILES string of the molecule is COc1ccc(C(=O)C(N)C(C)C)c(OC)c1C. The van der Waals surface area contributed by atoms with Crippen molar-refractivity contribution in [2.24, 2.45) is 11.7 Å². The van der Waals surface area contributed by atoms with Gasteiger partial charge in [-0.05, 0) is 25.0 Å². The Balaban J connectivity index is 3.25. The van der Waals surface area contributed by atoms with E-state index in [1.54, 1.807) is 26.4 Å². The Morgan fingerprint density at radius 3 is 2.28 bits per heavy atom. The third-order valence-corrected chi connectivity index (χ3v) is 3.07. The predicted molar refractivity (Wildman–Crippen MR) is 71.4 cm³/mol. The van der Waals surface area contributed by atoms with Gasteiger partial charge in [0.25, 0.3) is 0 Å². The van der Waals surface area contributed by atoms with E-state index in [4.69, 9.17) is 15.2 Å². The van der Waals surface area contributed by atoms with Crippen LogP contribution in [0.5, 0.6) is 11.5 Å². The lowest BCUT2D eigenvalue weighted by Crippen LogP contribution is -2.35. The first-order chi connectivity index (χ1) is 8.43. The Hall–Kier alpha value is -1.55. The summed E-state index contributed by atoms with van der Waals surface area (Å²) in [6.45, 7) is 5.70. The molecule has 0 aliphatic heterocycles. The maximum atomic E-state index is 12.3. The third-order valence-electron chi connectivity index (χ3n) is 3.07. The number of Topliss-reactive ketones (excluding diaryl/α,β-unsaturated/α-hetero) is 1. The zero-order valence-electron chi connectivity index (χ0n) is 11.6. The van der Waals surface area contributed by atoms with Crippen LogP contribution in [-0.2, 0) is 0 Å². The fourth-order valence-electron chi connectivity index (χ4n) is 1.83. The number of hydrogen-bond donors (Lipinski definition) is 1. The third kappa shape index (κ3) is 2.64. The van der Waals surface area contributed by atoms with Crippen molar-refractivity contribution >= 4 is 5.78 Å². The van der Waals surface area contributed by atoms with Gasteiger partial charge in [0.1, 0.15) is 11.5 Å². The Morgan fingerprint density at radius 1 is 1.22 bits per heavy atom. The van der Waals surface area contributed by atoms with Gasteiger partial charge in [-0.2, -0.15) is 0 Å². The van der Waals surface area contributed by atoms with Gasteiger partial charge in [-0.1, -0.05) is 13.8 Å². The highest BCUT2D eigenvalue weighted by Crippen LogP contribution is 2.32. The van der Waals surface area contributed by atoms with Crippen LogP contribution in [0.3, 0.4) is 0 Å². The molecule has 0 aromatic heterocycles. The average molecular weight is 251 g/mol. The van der Waals surface area contributed by atoms with E-state index in [2.05, 4.69) is 0 Å². The fraction of sp³-hybridized carbons (Fsp3) is 0.500. The molecule has 4 heteroatoms. The molecule has 0 heterocycles. The first-order valence-electron chi connectivity index (χ1n) is 5.95. The quantitative estimate of drug-likeness (QED) is 0.815. The molecule has 1 unspecified atom stereocenters. The summed E-state index contributed by atoms with van der Waals surface area (Å²) >= 11 is 0. The van der Waals surface area contributed by atoms with Crippen molar-refractivity contribution < 1.29 is 14.3 Å². The number of carbonyl (C=O) groups excluding carboxylic acids is 1. The Morgan fingerprint density at radius 2 is 1.83 bits per heavy atom. The van der Waals surface area contributed by atoms with Gasteiger partial charge in [-0.3, -0.25) is 4.79 Å². The first-order valence-corrected chi connectivity index (χ1v) is 5.95. The highest BCUT2D eigenvalue weighted by molar-refractivity contribution is 6.03. The van der Waals surface area contributed by atoms with Gasteiger partial charge in [0.2, 0.25) is 0 Å². The molecular weight excluding hydrogens is 230 g/mol. The van der Waals surface area contributed by atoms with Crippen molar-refractivity contribution in [2.45, 2.75) is 26.8 Å². The zero-order valence-corrected chi connectivity index (χ0v) is 11.6. The van der Waals surface area contributed by atoms with Gasteiger partial charge < -0.3 is 15.2 Å². The highest BCUT2D eigenvalue weighted by atomic mass is 16.5. The Labute approximate surface area is 108 Å². The van der Waals surface area contributed by atoms with Crippen molar-refractivity contribution in [2.75, 3.05) is 14.2 Å². The van der Waals surface area contributed by atoms with Crippen LogP contribution < -0.4 is 15.2 Å². The minimum atomic E-state index is -0.522. The minimum Gasteiger partial charge on any atom is -0.496 e. The molecule has 0 fully saturated rings. The summed E-state index contributed by atoms with van der Waals surface area (Å²) in [5.74, 6) is 1.22. The summed E-state index contributed by atoms with van der Waals surface area (Å²) in [6, 6.07) is 2.94. The van der Waals surface area contributed by atoms with Crippen molar-refractivity contribution in [1.29, 1.82) is 0 Å². The molecule has 1 atom stereocenters. The number of methoxy groups -OCH3 is 2. The van der Waals surface area contributed by atoms with E-state index in [0.29, 0.717) is 17.1 Å².